The number of ether oxygens (including phenoxy) is 1. The standard InChI is InChI=1S/C19H25ClN2O3/c1-12(23)21-17-8-14-10-22(11-15(14)9-18(17)25-2)19(24)7-13-3-5-16(20)6-4-13/h3-6,14-15,17-18H,7-11H2,1-2H3,(H,21,23)/t14-,15+,17-,18-/m1/s1. The molecule has 2 amide bonds. The van der Waals surface area contributed by atoms with Crippen LogP contribution in [0.1, 0.15) is 25.3 Å². The lowest BCUT2D eigenvalue weighted by Crippen LogP contribution is -2.49. The minimum atomic E-state index is -0.0285. The Hall–Kier alpha value is -1.59. The molecule has 136 valence electrons. The van der Waals surface area contributed by atoms with Crippen molar-refractivity contribution in [3.05, 3.63) is 34.9 Å². The fraction of sp³-hybridized carbons (Fsp3) is 0.579. The van der Waals surface area contributed by atoms with Crippen molar-refractivity contribution in [2.24, 2.45) is 11.8 Å². The Labute approximate surface area is 153 Å². The van der Waals surface area contributed by atoms with Gasteiger partial charge in [-0.3, -0.25) is 9.59 Å². The van der Waals surface area contributed by atoms with Crippen LogP contribution in [0.5, 0.6) is 0 Å². The molecule has 0 radical (unpaired) electrons. The van der Waals surface area contributed by atoms with E-state index in [1.54, 1.807) is 7.11 Å². The number of nitrogens with zero attached hydrogens (tertiary/aromatic N) is 1. The van der Waals surface area contributed by atoms with Gasteiger partial charge in [-0.15, -0.1) is 0 Å². The fourth-order valence-electron chi connectivity index (χ4n) is 4.18. The number of hydrogen-bond donors (Lipinski definition) is 1. The van der Waals surface area contributed by atoms with Gasteiger partial charge in [0.05, 0.1) is 18.6 Å². The zero-order valence-corrected chi connectivity index (χ0v) is 15.5. The van der Waals surface area contributed by atoms with E-state index in [9.17, 15) is 9.59 Å². The SMILES string of the molecule is CO[C@@H]1C[C@H]2CN(C(=O)Cc3ccc(Cl)cc3)C[C@H]2C[C@H]1NC(C)=O. The second-order valence-electron chi connectivity index (χ2n) is 7.17. The van der Waals surface area contributed by atoms with Crippen LogP contribution in [0.15, 0.2) is 24.3 Å². The van der Waals surface area contributed by atoms with E-state index in [0.29, 0.717) is 23.3 Å². The summed E-state index contributed by atoms with van der Waals surface area (Å²) in [5.41, 5.74) is 0.982. The molecule has 1 aromatic rings. The molecule has 3 rings (SSSR count). The smallest absolute Gasteiger partial charge is 0.227 e. The molecule has 6 heteroatoms. The average Bonchev–Trinajstić information content (AvgIpc) is 2.98. The molecule has 0 bridgehead atoms. The molecule has 1 N–H and O–H groups in total. The Morgan fingerprint density at radius 2 is 1.84 bits per heavy atom. The predicted molar refractivity (Wildman–Crippen MR) is 96.4 cm³/mol. The van der Waals surface area contributed by atoms with Crippen LogP contribution in [0.25, 0.3) is 0 Å². The van der Waals surface area contributed by atoms with Crippen molar-refractivity contribution in [2.45, 2.75) is 38.3 Å². The first kappa shape index (κ1) is 18.2. The highest BCUT2D eigenvalue weighted by atomic mass is 35.5. The molecule has 0 aromatic heterocycles. The summed E-state index contributed by atoms with van der Waals surface area (Å²) in [5, 5.41) is 3.68. The normalized spacial score (nSPS) is 28.5. The Morgan fingerprint density at radius 3 is 2.44 bits per heavy atom. The van der Waals surface area contributed by atoms with Crippen LogP contribution < -0.4 is 5.32 Å². The van der Waals surface area contributed by atoms with Crippen molar-refractivity contribution < 1.29 is 14.3 Å². The molecule has 2 aliphatic rings. The number of carbonyl (C=O) groups excluding carboxylic acids is 2. The van der Waals surface area contributed by atoms with Crippen LogP contribution in [0, 0.1) is 11.8 Å². The summed E-state index contributed by atoms with van der Waals surface area (Å²) in [6, 6.07) is 7.47. The van der Waals surface area contributed by atoms with E-state index in [2.05, 4.69) is 5.32 Å². The fourth-order valence-corrected chi connectivity index (χ4v) is 4.31. The Morgan fingerprint density at radius 1 is 1.20 bits per heavy atom. The maximum absolute atomic E-state index is 12.6. The molecule has 0 unspecified atom stereocenters. The third kappa shape index (κ3) is 4.33. The number of amides is 2. The van der Waals surface area contributed by atoms with Crippen LogP contribution >= 0.6 is 11.6 Å². The van der Waals surface area contributed by atoms with Crippen LogP contribution in [0.2, 0.25) is 5.02 Å². The van der Waals surface area contributed by atoms with Gasteiger partial charge in [0.15, 0.2) is 0 Å². The number of fused-ring (bicyclic) bond motifs is 1. The molecule has 1 aliphatic heterocycles. The molecule has 1 heterocycles. The largest absolute Gasteiger partial charge is 0.379 e. The van der Waals surface area contributed by atoms with E-state index < -0.39 is 0 Å². The first-order chi connectivity index (χ1) is 12.0. The van der Waals surface area contributed by atoms with E-state index in [-0.39, 0.29) is 24.0 Å². The van der Waals surface area contributed by atoms with Gasteiger partial charge in [-0.2, -0.15) is 0 Å². The summed E-state index contributed by atoms with van der Waals surface area (Å²) in [6.07, 6.45) is 2.18. The maximum atomic E-state index is 12.6. The predicted octanol–water partition coefficient (Wildman–Crippen LogP) is 2.27. The molecule has 5 nitrogen and oxygen atoms in total. The highest BCUT2D eigenvalue weighted by molar-refractivity contribution is 6.30. The van der Waals surface area contributed by atoms with Gasteiger partial charge < -0.3 is 15.0 Å². The van der Waals surface area contributed by atoms with Crippen LogP contribution in [-0.4, -0.2) is 49.1 Å². The molecule has 2 fully saturated rings. The van der Waals surface area contributed by atoms with Gasteiger partial charge in [-0.25, -0.2) is 0 Å². The van der Waals surface area contributed by atoms with E-state index >= 15 is 0 Å². The Bertz CT molecular complexity index is 634. The van der Waals surface area contributed by atoms with Crippen molar-refractivity contribution in [3.8, 4) is 0 Å². The highest BCUT2D eigenvalue weighted by Crippen LogP contribution is 2.37. The van der Waals surface area contributed by atoms with Gasteiger partial charge in [0.1, 0.15) is 0 Å². The topological polar surface area (TPSA) is 58.6 Å². The van der Waals surface area contributed by atoms with Gasteiger partial charge in [-0.1, -0.05) is 23.7 Å². The van der Waals surface area contributed by atoms with Gasteiger partial charge in [0.25, 0.3) is 0 Å². The van der Waals surface area contributed by atoms with E-state index in [1.165, 1.54) is 6.92 Å². The number of halogens is 1. The van der Waals surface area contributed by atoms with Gasteiger partial charge >= 0.3 is 0 Å². The summed E-state index contributed by atoms with van der Waals surface area (Å²) in [7, 11) is 1.69. The second-order valence-corrected chi connectivity index (χ2v) is 7.61. The molecular formula is C19H25ClN2O3. The molecule has 0 spiro atoms. The summed E-state index contributed by atoms with van der Waals surface area (Å²) in [6.45, 7) is 3.09. The van der Waals surface area contributed by atoms with E-state index in [4.69, 9.17) is 16.3 Å². The number of hydrogen-bond acceptors (Lipinski definition) is 3. The van der Waals surface area contributed by atoms with Crippen molar-refractivity contribution in [1.82, 2.24) is 10.2 Å². The minimum absolute atomic E-state index is 0.0245. The van der Waals surface area contributed by atoms with Crippen molar-refractivity contribution in [3.63, 3.8) is 0 Å². The first-order valence-corrected chi connectivity index (χ1v) is 9.16. The van der Waals surface area contributed by atoms with Gasteiger partial charge in [0.2, 0.25) is 11.8 Å². The molecular weight excluding hydrogens is 340 g/mol. The number of rotatable bonds is 4. The number of benzene rings is 1. The van der Waals surface area contributed by atoms with Crippen LogP contribution in [0.3, 0.4) is 0 Å². The monoisotopic (exact) mass is 364 g/mol. The summed E-state index contributed by atoms with van der Waals surface area (Å²) in [4.78, 5) is 26.0. The highest BCUT2D eigenvalue weighted by Gasteiger charge is 2.43. The van der Waals surface area contributed by atoms with Crippen molar-refractivity contribution in [1.29, 1.82) is 0 Å². The third-order valence-corrected chi connectivity index (χ3v) is 5.68. The van der Waals surface area contributed by atoms with Crippen molar-refractivity contribution in [2.75, 3.05) is 20.2 Å². The molecule has 1 saturated carbocycles. The Kier molecular flexibility index (Phi) is 5.64. The number of methoxy groups -OCH3 is 1. The van der Waals surface area contributed by atoms with Crippen LogP contribution in [-0.2, 0) is 20.7 Å². The number of nitrogens with one attached hydrogen (secondary N) is 1. The minimum Gasteiger partial charge on any atom is -0.379 e. The second kappa shape index (κ2) is 7.75. The molecule has 1 aliphatic carbocycles. The average molecular weight is 365 g/mol. The summed E-state index contributed by atoms with van der Waals surface area (Å²) >= 11 is 5.90. The number of likely N-dealkylation sites (tertiary alicyclic amines) is 1. The lowest BCUT2D eigenvalue weighted by molar-refractivity contribution is -0.129. The molecule has 4 atom stereocenters. The lowest BCUT2D eigenvalue weighted by atomic mass is 9.77. The summed E-state index contributed by atoms with van der Waals surface area (Å²) in [5.74, 6) is 1.00. The molecule has 1 saturated heterocycles. The van der Waals surface area contributed by atoms with E-state index in [0.717, 1.165) is 31.5 Å². The Balaban J connectivity index is 1.61. The lowest BCUT2D eigenvalue weighted by Gasteiger charge is -2.37. The quantitative estimate of drug-likeness (QED) is 0.891. The van der Waals surface area contributed by atoms with Gasteiger partial charge in [0, 0.05) is 32.1 Å². The first-order valence-electron chi connectivity index (χ1n) is 8.78. The number of carbonyl (C=O) groups is 2. The maximum Gasteiger partial charge on any atom is 0.227 e. The third-order valence-electron chi connectivity index (χ3n) is 5.43. The van der Waals surface area contributed by atoms with Gasteiger partial charge in [-0.05, 0) is 42.4 Å². The summed E-state index contributed by atoms with van der Waals surface area (Å²) < 4.78 is 5.58. The molecule has 25 heavy (non-hydrogen) atoms. The molecule has 1 aromatic carbocycles. The van der Waals surface area contributed by atoms with Crippen molar-refractivity contribution >= 4 is 23.4 Å². The zero-order valence-electron chi connectivity index (χ0n) is 14.7. The van der Waals surface area contributed by atoms with E-state index in [1.807, 2.05) is 29.2 Å². The van der Waals surface area contributed by atoms with Crippen LogP contribution in [0.4, 0.5) is 0 Å². The zero-order chi connectivity index (χ0) is 18.0.